The fourth-order valence-corrected chi connectivity index (χ4v) is 4.43. The molecular formula is C20H18Cl2FN3O4. The Labute approximate surface area is 181 Å². The number of aliphatic hydroxyl groups excluding tert-OH is 1. The van der Waals surface area contributed by atoms with Gasteiger partial charge in [-0.25, -0.2) is 14.4 Å². The summed E-state index contributed by atoms with van der Waals surface area (Å²) in [6.07, 6.45) is -0.583. The van der Waals surface area contributed by atoms with Crippen molar-refractivity contribution in [2.45, 2.75) is 50.3 Å². The first-order valence-corrected chi connectivity index (χ1v) is 10.1. The van der Waals surface area contributed by atoms with E-state index in [4.69, 9.17) is 37.4 Å². The first-order chi connectivity index (χ1) is 14.2. The number of ether oxygens (including phenoxy) is 3. The van der Waals surface area contributed by atoms with E-state index >= 15 is 0 Å². The second kappa shape index (κ2) is 7.12. The van der Waals surface area contributed by atoms with E-state index in [0.717, 1.165) is 0 Å². The number of halogens is 3. The van der Waals surface area contributed by atoms with E-state index in [1.54, 1.807) is 36.7 Å². The Morgan fingerprint density at radius 3 is 2.70 bits per heavy atom. The highest BCUT2D eigenvalue weighted by Gasteiger charge is 2.58. The van der Waals surface area contributed by atoms with Crippen molar-refractivity contribution < 1.29 is 23.7 Å². The van der Waals surface area contributed by atoms with Crippen molar-refractivity contribution in [3.05, 3.63) is 58.3 Å². The summed E-state index contributed by atoms with van der Waals surface area (Å²) in [4.78, 5) is 8.30. The number of aromatic nitrogens is 3. The van der Waals surface area contributed by atoms with Crippen LogP contribution in [0.5, 0.6) is 0 Å². The summed E-state index contributed by atoms with van der Waals surface area (Å²) in [5, 5.41) is 12.0. The highest BCUT2D eigenvalue weighted by molar-refractivity contribution is 6.33. The zero-order chi connectivity index (χ0) is 21.2. The van der Waals surface area contributed by atoms with E-state index in [0.29, 0.717) is 21.7 Å². The lowest BCUT2D eigenvalue weighted by molar-refractivity contribution is -0.207. The molecule has 0 amide bonds. The van der Waals surface area contributed by atoms with E-state index in [1.165, 1.54) is 18.5 Å². The first-order valence-electron chi connectivity index (χ1n) is 9.36. The third kappa shape index (κ3) is 3.19. The van der Waals surface area contributed by atoms with Crippen LogP contribution >= 0.6 is 23.2 Å². The maximum Gasteiger partial charge on any atom is 0.164 e. The van der Waals surface area contributed by atoms with Gasteiger partial charge in [-0.1, -0.05) is 29.3 Å². The normalized spacial score (nSPS) is 28.7. The largest absolute Gasteiger partial charge is 0.386 e. The Balaban J connectivity index is 1.54. The van der Waals surface area contributed by atoms with Gasteiger partial charge in [0, 0.05) is 6.20 Å². The van der Waals surface area contributed by atoms with Crippen LogP contribution in [0.25, 0.3) is 11.0 Å². The summed E-state index contributed by atoms with van der Waals surface area (Å²) in [5.74, 6) is -1.50. The zero-order valence-corrected chi connectivity index (χ0v) is 17.5. The lowest BCUT2D eigenvalue weighted by Gasteiger charge is -2.27. The molecule has 1 aromatic carbocycles. The molecule has 1 N–H and O–H groups in total. The van der Waals surface area contributed by atoms with Crippen molar-refractivity contribution in [1.29, 1.82) is 0 Å². The molecule has 2 aliphatic heterocycles. The number of hydrogen-bond acceptors (Lipinski definition) is 6. The van der Waals surface area contributed by atoms with Gasteiger partial charge in [0.15, 0.2) is 12.0 Å². The minimum Gasteiger partial charge on any atom is -0.386 e. The number of fused-ring (bicyclic) bond motifs is 2. The maximum absolute atomic E-state index is 14.0. The van der Waals surface area contributed by atoms with Gasteiger partial charge in [-0.3, -0.25) is 0 Å². The standard InChI is InChI=1S/C20H18Cl2FN3O4/c1-20(2)29-15-14(13(27)9-3-4-11(21)12(23)7-9)28-19(16(15)30-20)26-6-5-10-17(22)24-8-25-18(10)26/h3-8,13-16,19,27H,1-2H3/t13?,14-,15-,16-,19-/m1/s1. The summed E-state index contributed by atoms with van der Waals surface area (Å²) in [7, 11) is 0. The number of rotatable bonds is 3. The molecule has 2 saturated heterocycles. The van der Waals surface area contributed by atoms with Gasteiger partial charge in [0.25, 0.3) is 0 Å². The van der Waals surface area contributed by atoms with Gasteiger partial charge in [-0.05, 0) is 37.6 Å². The molecule has 4 heterocycles. The van der Waals surface area contributed by atoms with Gasteiger partial charge in [0.1, 0.15) is 47.4 Å². The van der Waals surface area contributed by atoms with E-state index < -0.39 is 42.2 Å². The molecule has 2 fully saturated rings. The Bertz CT molecular complexity index is 1120. The summed E-state index contributed by atoms with van der Waals surface area (Å²) < 4.78 is 34.1. The molecule has 5 atom stereocenters. The van der Waals surface area contributed by atoms with Crippen molar-refractivity contribution >= 4 is 34.2 Å². The van der Waals surface area contributed by atoms with Crippen LogP contribution in [0.4, 0.5) is 4.39 Å². The van der Waals surface area contributed by atoms with Crippen molar-refractivity contribution in [3.63, 3.8) is 0 Å². The fraction of sp³-hybridized carbons (Fsp3) is 0.400. The molecule has 0 aliphatic carbocycles. The van der Waals surface area contributed by atoms with Crippen LogP contribution in [0.3, 0.4) is 0 Å². The van der Waals surface area contributed by atoms with Gasteiger partial charge in [0.05, 0.1) is 10.4 Å². The number of nitrogens with zero attached hydrogens (tertiary/aromatic N) is 3. The summed E-state index contributed by atoms with van der Waals surface area (Å²) >= 11 is 11.9. The molecule has 2 aliphatic rings. The van der Waals surface area contributed by atoms with Gasteiger partial charge in [-0.15, -0.1) is 0 Å². The van der Waals surface area contributed by atoms with E-state index in [-0.39, 0.29) is 5.02 Å². The molecule has 0 radical (unpaired) electrons. The molecule has 5 rings (SSSR count). The highest BCUT2D eigenvalue weighted by atomic mass is 35.5. The molecule has 0 saturated carbocycles. The predicted octanol–water partition coefficient (Wildman–Crippen LogP) is 4.03. The average Bonchev–Trinajstić information content (AvgIpc) is 3.34. The van der Waals surface area contributed by atoms with E-state index in [1.807, 2.05) is 0 Å². The fourth-order valence-electron chi connectivity index (χ4n) is 4.12. The summed E-state index contributed by atoms with van der Waals surface area (Å²) in [5.41, 5.74) is 0.900. The molecule has 2 aromatic heterocycles. The molecule has 0 spiro atoms. The lowest BCUT2D eigenvalue weighted by atomic mass is 9.99. The van der Waals surface area contributed by atoms with Gasteiger partial charge in [0.2, 0.25) is 0 Å². The number of aliphatic hydroxyl groups is 1. The van der Waals surface area contributed by atoms with Gasteiger partial charge in [-0.2, -0.15) is 0 Å². The second-order valence-corrected chi connectivity index (χ2v) is 8.56. The lowest BCUT2D eigenvalue weighted by Crippen LogP contribution is -2.34. The Morgan fingerprint density at radius 1 is 1.17 bits per heavy atom. The minimum absolute atomic E-state index is 0.0222. The van der Waals surface area contributed by atoms with E-state index in [2.05, 4.69) is 9.97 Å². The molecule has 7 nitrogen and oxygen atoms in total. The Morgan fingerprint density at radius 2 is 1.93 bits per heavy atom. The highest BCUT2D eigenvalue weighted by Crippen LogP contribution is 2.47. The molecule has 158 valence electrons. The van der Waals surface area contributed by atoms with E-state index in [9.17, 15) is 9.50 Å². The van der Waals surface area contributed by atoms with Crippen LogP contribution in [-0.2, 0) is 14.2 Å². The molecular weight excluding hydrogens is 436 g/mol. The average molecular weight is 454 g/mol. The minimum atomic E-state index is -1.16. The smallest absolute Gasteiger partial charge is 0.164 e. The Hall–Kier alpha value is -1.81. The van der Waals surface area contributed by atoms with Crippen LogP contribution in [0.1, 0.15) is 31.7 Å². The van der Waals surface area contributed by atoms with Gasteiger partial charge < -0.3 is 23.9 Å². The number of hydrogen-bond donors (Lipinski definition) is 1. The van der Waals surface area contributed by atoms with Crippen molar-refractivity contribution in [1.82, 2.24) is 14.5 Å². The van der Waals surface area contributed by atoms with Crippen LogP contribution in [0, 0.1) is 5.82 Å². The topological polar surface area (TPSA) is 78.6 Å². The molecule has 10 heteroatoms. The quantitative estimate of drug-likeness (QED) is 0.603. The molecule has 30 heavy (non-hydrogen) atoms. The third-order valence-corrected chi connectivity index (χ3v) is 6.00. The van der Waals surface area contributed by atoms with Crippen molar-refractivity contribution in [3.8, 4) is 0 Å². The van der Waals surface area contributed by atoms with Crippen molar-refractivity contribution in [2.75, 3.05) is 0 Å². The predicted molar refractivity (Wildman–Crippen MR) is 107 cm³/mol. The molecule has 1 unspecified atom stereocenters. The van der Waals surface area contributed by atoms with Crippen LogP contribution in [0.2, 0.25) is 10.2 Å². The van der Waals surface area contributed by atoms with Crippen LogP contribution in [-0.4, -0.2) is 43.7 Å². The zero-order valence-electron chi connectivity index (χ0n) is 16.0. The third-order valence-electron chi connectivity index (χ3n) is 5.40. The monoisotopic (exact) mass is 453 g/mol. The summed E-state index contributed by atoms with van der Waals surface area (Å²) in [6, 6.07) is 5.93. The molecule has 3 aromatic rings. The van der Waals surface area contributed by atoms with Crippen LogP contribution in [0.15, 0.2) is 36.8 Å². The SMILES string of the molecule is CC1(C)O[C@@H]2[C@H](O1)[C@@H](C(O)c1ccc(Cl)c(F)c1)O[C@H]2n1ccc2c(Cl)ncnc21. The first kappa shape index (κ1) is 20.1. The molecule has 0 bridgehead atoms. The Kier molecular flexibility index (Phi) is 4.77. The number of benzene rings is 1. The van der Waals surface area contributed by atoms with Crippen molar-refractivity contribution in [2.24, 2.45) is 0 Å². The van der Waals surface area contributed by atoms with Gasteiger partial charge >= 0.3 is 0 Å². The summed E-state index contributed by atoms with van der Waals surface area (Å²) in [6.45, 7) is 3.58. The maximum atomic E-state index is 14.0. The van der Waals surface area contributed by atoms with Crippen LogP contribution < -0.4 is 0 Å². The second-order valence-electron chi connectivity index (χ2n) is 7.80.